The van der Waals surface area contributed by atoms with Crippen molar-refractivity contribution in [3.8, 4) is 11.5 Å². The first kappa shape index (κ1) is 21.0. The fourth-order valence-electron chi connectivity index (χ4n) is 2.58. The van der Waals surface area contributed by atoms with Crippen molar-refractivity contribution in [2.75, 3.05) is 10.6 Å². The fraction of sp³-hybridized carbons (Fsp3) is 0.227. The van der Waals surface area contributed by atoms with Gasteiger partial charge in [0.15, 0.2) is 0 Å². The van der Waals surface area contributed by atoms with Crippen LogP contribution < -0.4 is 10.6 Å². The van der Waals surface area contributed by atoms with Crippen LogP contribution in [0.2, 0.25) is 0 Å². The first-order valence-electron chi connectivity index (χ1n) is 9.29. The Morgan fingerprint density at radius 2 is 1.83 bits per heavy atom. The number of hydrogen-bond acceptors (Lipinski definition) is 5. The Bertz CT molecular complexity index is 1040. The summed E-state index contributed by atoms with van der Waals surface area (Å²) in [7, 11) is 0. The number of carbonyl (C=O) groups excluding carboxylic acids is 2. The Labute approximate surface area is 173 Å². The predicted molar refractivity (Wildman–Crippen MR) is 111 cm³/mol. The molecule has 2 amide bonds. The van der Waals surface area contributed by atoms with Gasteiger partial charge in [-0.3, -0.25) is 10.1 Å². The SMILES string of the molecule is CC(C)(C)OC(=O)Nc1cc(NC(=O)Cc2coc(-c3ccccc3)n2)ccc1F. The van der Waals surface area contributed by atoms with Crippen LogP contribution in [0.3, 0.4) is 0 Å². The molecule has 0 atom stereocenters. The van der Waals surface area contributed by atoms with E-state index in [9.17, 15) is 14.0 Å². The molecule has 0 bridgehead atoms. The molecule has 1 aromatic heterocycles. The first-order chi connectivity index (χ1) is 14.2. The molecule has 8 heteroatoms. The zero-order valence-electron chi connectivity index (χ0n) is 16.9. The van der Waals surface area contributed by atoms with Crippen molar-refractivity contribution >= 4 is 23.4 Å². The maximum Gasteiger partial charge on any atom is 0.412 e. The first-order valence-corrected chi connectivity index (χ1v) is 9.29. The predicted octanol–water partition coefficient (Wildman–Crippen LogP) is 5.01. The van der Waals surface area contributed by atoms with Crippen molar-refractivity contribution in [3.63, 3.8) is 0 Å². The maximum absolute atomic E-state index is 14.0. The van der Waals surface area contributed by atoms with Gasteiger partial charge in [0.25, 0.3) is 0 Å². The summed E-state index contributed by atoms with van der Waals surface area (Å²) in [6, 6.07) is 13.2. The number of hydrogen-bond donors (Lipinski definition) is 2. The van der Waals surface area contributed by atoms with E-state index in [-0.39, 0.29) is 18.0 Å². The maximum atomic E-state index is 14.0. The average Bonchev–Trinajstić information content (AvgIpc) is 3.12. The molecule has 30 heavy (non-hydrogen) atoms. The molecule has 0 fully saturated rings. The van der Waals surface area contributed by atoms with Gasteiger partial charge in [-0.05, 0) is 51.1 Å². The average molecular weight is 411 g/mol. The number of nitrogens with zero attached hydrogens (tertiary/aromatic N) is 1. The van der Waals surface area contributed by atoms with Crippen LogP contribution in [-0.4, -0.2) is 22.6 Å². The summed E-state index contributed by atoms with van der Waals surface area (Å²) in [5.74, 6) is -0.593. The minimum atomic E-state index is -0.791. The summed E-state index contributed by atoms with van der Waals surface area (Å²) < 4.78 is 24.5. The molecule has 0 unspecified atom stereocenters. The van der Waals surface area contributed by atoms with E-state index < -0.39 is 17.5 Å². The van der Waals surface area contributed by atoms with Crippen molar-refractivity contribution in [3.05, 3.63) is 66.3 Å². The highest BCUT2D eigenvalue weighted by Crippen LogP contribution is 2.22. The molecule has 0 spiro atoms. The summed E-state index contributed by atoms with van der Waals surface area (Å²) in [5.41, 5.74) is 0.762. The molecule has 156 valence electrons. The van der Waals surface area contributed by atoms with Crippen molar-refractivity contribution in [1.82, 2.24) is 4.98 Å². The summed E-state index contributed by atoms with van der Waals surface area (Å²) >= 11 is 0. The van der Waals surface area contributed by atoms with E-state index in [0.29, 0.717) is 17.3 Å². The van der Waals surface area contributed by atoms with Gasteiger partial charge in [-0.25, -0.2) is 14.2 Å². The Kier molecular flexibility index (Phi) is 6.15. The monoisotopic (exact) mass is 411 g/mol. The van der Waals surface area contributed by atoms with E-state index in [1.807, 2.05) is 30.3 Å². The Morgan fingerprint density at radius 1 is 1.10 bits per heavy atom. The highest BCUT2D eigenvalue weighted by molar-refractivity contribution is 5.93. The number of carbonyl (C=O) groups is 2. The third-order valence-electron chi connectivity index (χ3n) is 3.80. The number of oxazole rings is 1. The molecule has 3 rings (SSSR count). The molecular weight excluding hydrogens is 389 g/mol. The van der Waals surface area contributed by atoms with Crippen LogP contribution in [0, 0.1) is 5.82 Å². The van der Waals surface area contributed by atoms with Gasteiger partial charge in [-0.2, -0.15) is 0 Å². The zero-order chi connectivity index (χ0) is 21.7. The number of aromatic nitrogens is 1. The van der Waals surface area contributed by atoms with Gasteiger partial charge in [-0.1, -0.05) is 18.2 Å². The van der Waals surface area contributed by atoms with Gasteiger partial charge in [-0.15, -0.1) is 0 Å². The number of benzene rings is 2. The molecule has 2 N–H and O–H groups in total. The van der Waals surface area contributed by atoms with Crippen LogP contribution in [0.25, 0.3) is 11.5 Å². The summed E-state index contributed by atoms with van der Waals surface area (Å²) in [6.45, 7) is 5.10. The van der Waals surface area contributed by atoms with Gasteiger partial charge in [0.2, 0.25) is 11.8 Å². The number of amides is 2. The molecule has 3 aromatic rings. The van der Waals surface area contributed by atoms with E-state index in [1.165, 1.54) is 18.4 Å². The second kappa shape index (κ2) is 8.77. The molecule has 7 nitrogen and oxygen atoms in total. The highest BCUT2D eigenvalue weighted by atomic mass is 19.1. The molecular formula is C22H22FN3O4. The van der Waals surface area contributed by atoms with E-state index >= 15 is 0 Å². The van der Waals surface area contributed by atoms with Crippen LogP contribution in [0.5, 0.6) is 0 Å². The third-order valence-corrected chi connectivity index (χ3v) is 3.80. The minimum absolute atomic E-state index is 0.0253. The number of halogens is 1. The lowest BCUT2D eigenvalue weighted by atomic mass is 10.2. The van der Waals surface area contributed by atoms with Gasteiger partial charge < -0.3 is 14.5 Å². The molecule has 0 saturated carbocycles. The molecule has 0 saturated heterocycles. The lowest BCUT2D eigenvalue weighted by Gasteiger charge is -2.20. The second-order valence-corrected chi connectivity index (χ2v) is 7.56. The Morgan fingerprint density at radius 3 is 2.53 bits per heavy atom. The van der Waals surface area contributed by atoms with Gasteiger partial charge in [0.1, 0.15) is 17.7 Å². The van der Waals surface area contributed by atoms with E-state index in [2.05, 4.69) is 15.6 Å². The van der Waals surface area contributed by atoms with E-state index in [0.717, 1.165) is 11.6 Å². The lowest BCUT2D eigenvalue weighted by molar-refractivity contribution is -0.115. The summed E-state index contributed by atoms with van der Waals surface area (Å²) in [5, 5.41) is 4.99. The molecule has 0 radical (unpaired) electrons. The third kappa shape index (κ3) is 5.91. The zero-order valence-corrected chi connectivity index (χ0v) is 16.9. The van der Waals surface area contributed by atoms with Crippen molar-refractivity contribution < 1.29 is 23.1 Å². The molecule has 0 aliphatic carbocycles. The van der Waals surface area contributed by atoms with Crippen LogP contribution in [0.15, 0.2) is 59.2 Å². The smallest absolute Gasteiger partial charge is 0.412 e. The highest BCUT2D eigenvalue weighted by Gasteiger charge is 2.18. The minimum Gasteiger partial charge on any atom is -0.444 e. The topological polar surface area (TPSA) is 93.5 Å². The summed E-state index contributed by atoms with van der Waals surface area (Å²) in [6.07, 6.45) is 0.603. The van der Waals surface area contributed by atoms with Gasteiger partial charge in [0, 0.05) is 11.3 Å². The van der Waals surface area contributed by atoms with Gasteiger partial charge >= 0.3 is 6.09 Å². The van der Waals surface area contributed by atoms with Crippen LogP contribution in [0.4, 0.5) is 20.6 Å². The lowest BCUT2D eigenvalue weighted by Crippen LogP contribution is -2.27. The number of ether oxygens (including phenoxy) is 1. The molecule has 0 aliphatic heterocycles. The quantitative estimate of drug-likeness (QED) is 0.616. The van der Waals surface area contributed by atoms with Crippen LogP contribution in [-0.2, 0) is 16.0 Å². The van der Waals surface area contributed by atoms with Crippen LogP contribution in [0.1, 0.15) is 26.5 Å². The Hall–Kier alpha value is -3.68. The van der Waals surface area contributed by atoms with Crippen molar-refractivity contribution in [1.29, 1.82) is 0 Å². The van der Waals surface area contributed by atoms with E-state index in [4.69, 9.17) is 9.15 Å². The number of anilines is 2. The number of nitrogens with one attached hydrogen (secondary N) is 2. The largest absolute Gasteiger partial charge is 0.444 e. The van der Waals surface area contributed by atoms with E-state index in [1.54, 1.807) is 20.8 Å². The Balaban J connectivity index is 1.63. The fourth-order valence-corrected chi connectivity index (χ4v) is 2.58. The van der Waals surface area contributed by atoms with Gasteiger partial charge in [0.05, 0.1) is 17.8 Å². The molecule has 1 heterocycles. The normalized spacial score (nSPS) is 11.1. The standard InChI is InChI=1S/C22H22FN3O4/c1-22(2,3)30-21(28)26-18-11-15(9-10-17(18)23)24-19(27)12-16-13-29-20(25-16)14-7-5-4-6-8-14/h4-11,13H,12H2,1-3H3,(H,24,27)(H,26,28). The molecule has 0 aliphatic rings. The van der Waals surface area contributed by atoms with Crippen molar-refractivity contribution in [2.24, 2.45) is 0 Å². The second-order valence-electron chi connectivity index (χ2n) is 7.56. The van der Waals surface area contributed by atoms with Crippen molar-refractivity contribution in [2.45, 2.75) is 32.8 Å². The number of rotatable bonds is 5. The molecule has 2 aromatic carbocycles. The summed E-state index contributed by atoms with van der Waals surface area (Å²) in [4.78, 5) is 28.5. The van der Waals surface area contributed by atoms with Crippen LogP contribution >= 0.6 is 0 Å².